The topological polar surface area (TPSA) is 39.4 Å². The molecule has 1 aromatic heterocycles. The first kappa shape index (κ1) is 11.6. The molecule has 1 rings (SSSR count). The SMILES string of the molecule is CCOC(=O)C(C)=Cc1ccc(CC)o1. The molecule has 0 radical (unpaired) electrons. The normalized spacial score (nSPS) is 11.5. The zero-order valence-electron chi connectivity index (χ0n) is 9.37. The summed E-state index contributed by atoms with van der Waals surface area (Å²) in [5.41, 5.74) is 0.550. The van der Waals surface area contributed by atoms with Gasteiger partial charge in [0.2, 0.25) is 0 Å². The quantitative estimate of drug-likeness (QED) is 0.564. The van der Waals surface area contributed by atoms with Crippen LogP contribution >= 0.6 is 0 Å². The monoisotopic (exact) mass is 208 g/mol. The van der Waals surface area contributed by atoms with Gasteiger partial charge in [-0.05, 0) is 32.1 Å². The third-order valence-electron chi connectivity index (χ3n) is 1.99. The van der Waals surface area contributed by atoms with Gasteiger partial charge in [-0.25, -0.2) is 4.79 Å². The molecule has 0 spiro atoms. The molecule has 1 heterocycles. The van der Waals surface area contributed by atoms with Gasteiger partial charge in [-0.2, -0.15) is 0 Å². The molecule has 0 aliphatic carbocycles. The van der Waals surface area contributed by atoms with E-state index in [1.54, 1.807) is 19.9 Å². The van der Waals surface area contributed by atoms with Crippen LogP contribution in [0, 0.1) is 0 Å². The second-order valence-corrected chi connectivity index (χ2v) is 3.21. The minimum atomic E-state index is -0.299. The number of rotatable bonds is 4. The van der Waals surface area contributed by atoms with E-state index < -0.39 is 0 Å². The van der Waals surface area contributed by atoms with Crippen LogP contribution in [-0.4, -0.2) is 12.6 Å². The molecule has 0 bridgehead atoms. The smallest absolute Gasteiger partial charge is 0.333 e. The Morgan fingerprint density at radius 2 is 2.20 bits per heavy atom. The fourth-order valence-corrected chi connectivity index (χ4v) is 1.18. The van der Waals surface area contributed by atoms with Crippen LogP contribution < -0.4 is 0 Å². The van der Waals surface area contributed by atoms with E-state index in [1.807, 2.05) is 19.1 Å². The van der Waals surface area contributed by atoms with Crippen LogP contribution in [0.3, 0.4) is 0 Å². The fraction of sp³-hybridized carbons (Fsp3) is 0.417. The molecule has 0 N–H and O–H groups in total. The van der Waals surface area contributed by atoms with E-state index in [0.717, 1.165) is 12.2 Å². The van der Waals surface area contributed by atoms with Crippen molar-refractivity contribution in [3.8, 4) is 0 Å². The van der Waals surface area contributed by atoms with Crippen molar-refractivity contribution in [3.05, 3.63) is 29.2 Å². The number of hydrogen-bond donors (Lipinski definition) is 0. The number of ether oxygens (including phenoxy) is 1. The van der Waals surface area contributed by atoms with Crippen molar-refractivity contribution in [2.75, 3.05) is 6.61 Å². The van der Waals surface area contributed by atoms with Crippen molar-refractivity contribution in [3.63, 3.8) is 0 Å². The molecule has 0 aliphatic heterocycles. The highest BCUT2D eigenvalue weighted by atomic mass is 16.5. The molecule has 3 nitrogen and oxygen atoms in total. The van der Waals surface area contributed by atoms with Gasteiger partial charge in [0.05, 0.1) is 6.61 Å². The first-order chi connectivity index (χ1) is 7.17. The van der Waals surface area contributed by atoms with Crippen LogP contribution in [0.25, 0.3) is 6.08 Å². The van der Waals surface area contributed by atoms with Gasteiger partial charge in [-0.15, -0.1) is 0 Å². The number of furan rings is 1. The second kappa shape index (κ2) is 5.39. The lowest BCUT2D eigenvalue weighted by atomic mass is 10.2. The summed E-state index contributed by atoms with van der Waals surface area (Å²) in [6, 6.07) is 3.76. The van der Waals surface area contributed by atoms with Gasteiger partial charge in [0, 0.05) is 12.0 Å². The largest absolute Gasteiger partial charge is 0.463 e. The highest BCUT2D eigenvalue weighted by Crippen LogP contribution is 2.12. The fourth-order valence-electron chi connectivity index (χ4n) is 1.18. The van der Waals surface area contributed by atoms with Crippen molar-refractivity contribution in [2.45, 2.75) is 27.2 Å². The second-order valence-electron chi connectivity index (χ2n) is 3.21. The van der Waals surface area contributed by atoms with E-state index in [-0.39, 0.29) is 5.97 Å². The van der Waals surface area contributed by atoms with E-state index in [0.29, 0.717) is 17.9 Å². The van der Waals surface area contributed by atoms with E-state index >= 15 is 0 Å². The minimum Gasteiger partial charge on any atom is -0.463 e. The predicted molar refractivity (Wildman–Crippen MR) is 58.4 cm³/mol. The summed E-state index contributed by atoms with van der Waals surface area (Å²) in [4.78, 5) is 11.3. The van der Waals surface area contributed by atoms with E-state index in [1.165, 1.54) is 0 Å². The Hall–Kier alpha value is -1.51. The molecular weight excluding hydrogens is 192 g/mol. The van der Waals surface area contributed by atoms with Crippen LogP contribution in [0.15, 0.2) is 22.1 Å². The number of carbonyl (C=O) groups excluding carboxylic acids is 1. The van der Waals surface area contributed by atoms with Gasteiger partial charge in [0.15, 0.2) is 0 Å². The zero-order valence-corrected chi connectivity index (χ0v) is 9.37. The van der Waals surface area contributed by atoms with E-state index in [4.69, 9.17) is 9.15 Å². The van der Waals surface area contributed by atoms with Crippen molar-refractivity contribution in [1.29, 1.82) is 0 Å². The Bertz CT molecular complexity index is 361. The van der Waals surface area contributed by atoms with Crippen LogP contribution in [0.5, 0.6) is 0 Å². The molecule has 0 aromatic carbocycles. The first-order valence-electron chi connectivity index (χ1n) is 5.11. The summed E-state index contributed by atoms with van der Waals surface area (Å²) in [6.07, 6.45) is 2.55. The average molecular weight is 208 g/mol. The summed E-state index contributed by atoms with van der Waals surface area (Å²) in [6.45, 7) is 5.91. The summed E-state index contributed by atoms with van der Waals surface area (Å²) in [7, 11) is 0. The lowest BCUT2D eigenvalue weighted by Crippen LogP contribution is -2.04. The summed E-state index contributed by atoms with van der Waals surface area (Å²) in [5.74, 6) is 1.31. The minimum absolute atomic E-state index is 0.299. The van der Waals surface area contributed by atoms with Crippen molar-refractivity contribution >= 4 is 12.0 Å². The maximum absolute atomic E-state index is 11.3. The van der Waals surface area contributed by atoms with Gasteiger partial charge in [0.1, 0.15) is 11.5 Å². The molecule has 82 valence electrons. The Morgan fingerprint density at radius 1 is 1.47 bits per heavy atom. The number of hydrogen-bond acceptors (Lipinski definition) is 3. The molecule has 0 atom stereocenters. The van der Waals surface area contributed by atoms with Crippen molar-refractivity contribution in [1.82, 2.24) is 0 Å². The highest BCUT2D eigenvalue weighted by Gasteiger charge is 2.05. The zero-order chi connectivity index (χ0) is 11.3. The van der Waals surface area contributed by atoms with Crippen LogP contribution in [0.4, 0.5) is 0 Å². The van der Waals surface area contributed by atoms with Crippen LogP contribution in [0.1, 0.15) is 32.3 Å². The maximum Gasteiger partial charge on any atom is 0.333 e. The molecular formula is C12H16O3. The van der Waals surface area contributed by atoms with Gasteiger partial charge >= 0.3 is 5.97 Å². The average Bonchev–Trinajstić information content (AvgIpc) is 2.66. The molecule has 0 saturated carbocycles. The summed E-state index contributed by atoms with van der Waals surface area (Å²) in [5, 5.41) is 0. The predicted octanol–water partition coefficient (Wildman–Crippen LogP) is 2.81. The number of esters is 1. The van der Waals surface area contributed by atoms with E-state index in [9.17, 15) is 4.79 Å². The maximum atomic E-state index is 11.3. The van der Waals surface area contributed by atoms with Gasteiger partial charge < -0.3 is 9.15 Å². The Labute approximate surface area is 89.7 Å². The Balaban J connectivity index is 2.73. The standard InChI is InChI=1S/C12H16O3/c1-4-10-6-7-11(15-10)8-9(3)12(13)14-5-2/h6-8H,4-5H2,1-3H3. The molecule has 0 unspecified atom stereocenters. The molecule has 3 heteroatoms. The van der Waals surface area contributed by atoms with Crippen LogP contribution in [0.2, 0.25) is 0 Å². The summed E-state index contributed by atoms with van der Waals surface area (Å²) < 4.78 is 10.3. The third kappa shape index (κ3) is 3.27. The molecule has 1 aromatic rings. The highest BCUT2D eigenvalue weighted by molar-refractivity contribution is 5.92. The van der Waals surface area contributed by atoms with Crippen molar-refractivity contribution in [2.24, 2.45) is 0 Å². The molecule has 0 amide bonds. The Morgan fingerprint density at radius 3 is 2.73 bits per heavy atom. The molecule has 15 heavy (non-hydrogen) atoms. The molecule has 0 fully saturated rings. The van der Waals surface area contributed by atoms with Crippen LogP contribution in [-0.2, 0) is 16.0 Å². The van der Waals surface area contributed by atoms with Gasteiger partial charge in [-0.1, -0.05) is 6.92 Å². The molecule has 0 saturated heterocycles. The number of carbonyl (C=O) groups is 1. The lowest BCUT2D eigenvalue weighted by molar-refractivity contribution is -0.138. The van der Waals surface area contributed by atoms with E-state index in [2.05, 4.69) is 0 Å². The summed E-state index contributed by atoms with van der Waals surface area (Å²) >= 11 is 0. The first-order valence-corrected chi connectivity index (χ1v) is 5.11. The lowest BCUT2D eigenvalue weighted by Gasteiger charge is -1.99. The van der Waals surface area contributed by atoms with Crippen molar-refractivity contribution < 1.29 is 13.9 Å². The number of aryl methyl sites for hydroxylation is 1. The molecule has 0 aliphatic rings. The van der Waals surface area contributed by atoms with Gasteiger partial charge in [0.25, 0.3) is 0 Å². The third-order valence-corrected chi connectivity index (χ3v) is 1.99. The Kier molecular flexibility index (Phi) is 4.16. The van der Waals surface area contributed by atoms with Gasteiger partial charge in [-0.3, -0.25) is 0 Å².